The van der Waals surface area contributed by atoms with Gasteiger partial charge in [-0.1, -0.05) is 23.9 Å². The smallest absolute Gasteiger partial charge is 0.242 e. The quantitative estimate of drug-likeness (QED) is 0.730. The van der Waals surface area contributed by atoms with Gasteiger partial charge in [0.15, 0.2) is 0 Å². The van der Waals surface area contributed by atoms with Gasteiger partial charge in [0.05, 0.1) is 16.3 Å². The summed E-state index contributed by atoms with van der Waals surface area (Å²) in [6.45, 7) is 3.29. The van der Waals surface area contributed by atoms with Crippen LogP contribution in [0.25, 0.3) is 0 Å². The van der Waals surface area contributed by atoms with Crippen LogP contribution in [0, 0.1) is 0 Å². The summed E-state index contributed by atoms with van der Waals surface area (Å²) in [5.41, 5.74) is 2.42. The maximum absolute atomic E-state index is 12.8. The zero-order valence-electron chi connectivity index (χ0n) is 17.0. The van der Waals surface area contributed by atoms with Gasteiger partial charge in [0.1, 0.15) is 0 Å². The molecule has 7 heteroatoms. The van der Waals surface area contributed by atoms with Crippen LogP contribution >= 0.6 is 11.8 Å². The van der Waals surface area contributed by atoms with Crippen molar-refractivity contribution >= 4 is 33.2 Å². The van der Waals surface area contributed by atoms with Crippen molar-refractivity contribution in [2.24, 2.45) is 0 Å². The molecule has 154 valence electrons. The van der Waals surface area contributed by atoms with Crippen molar-refractivity contribution in [2.75, 3.05) is 38.6 Å². The molecule has 3 aliphatic rings. The molecule has 0 saturated carbocycles. The van der Waals surface area contributed by atoms with Gasteiger partial charge in [-0.2, -0.15) is 0 Å². The average molecular weight is 430 g/mol. The van der Waals surface area contributed by atoms with E-state index in [4.69, 9.17) is 0 Å². The molecule has 2 saturated heterocycles. The molecule has 3 aliphatic heterocycles. The highest BCUT2D eigenvalue weighted by Crippen LogP contribution is 2.51. The Balaban J connectivity index is 1.62. The molecule has 0 aromatic heterocycles. The van der Waals surface area contributed by atoms with Gasteiger partial charge in [0.25, 0.3) is 0 Å². The molecular formula is C22H27N3O2S2. The number of para-hydroxylation sites is 1. The Bertz CT molecular complexity index is 1040. The maximum atomic E-state index is 12.8. The average Bonchev–Trinajstić information content (AvgIpc) is 3.27. The highest BCUT2D eigenvalue weighted by Gasteiger charge is 2.46. The molecule has 2 fully saturated rings. The fraction of sp³-hybridized carbons (Fsp3) is 0.455. The van der Waals surface area contributed by atoms with Crippen molar-refractivity contribution in [1.29, 1.82) is 0 Å². The Labute approximate surface area is 177 Å². The van der Waals surface area contributed by atoms with Crippen LogP contribution < -0.4 is 4.90 Å². The molecule has 5 nitrogen and oxygen atoms in total. The summed E-state index contributed by atoms with van der Waals surface area (Å²) >= 11 is 1.73. The lowest BCUT2D eigenvalue weighted by molar-refractivity contribution is 0.203. The molecule has 0 N–H and O–H groups in total. The summed E-state index contributed by atoms with van der Waals surface area (Å²) in [7, 11) is -0.295. The molecule has 0 unspecified atom stereocenters. The first-order valence-electron chi connectivity index (χ1n) is 10.3. The van der Waals surface area contributed by atoms with Crippen molar-refractivity contribution in [1.82, 2.24) is 9.21 Å². The molecule has 29 heavy (non-hydrogen) atoms. The first kappa shape index (κ1) is 19.4. The van der Waals surface area contributed by atoms with Gasteiger partial charge in [-0.05, 0) is 69.1 Å². The summed E-state index contributed by atoms with van der Waals surface area (Å²) in [5, 5.41) is 0. The highest BCUT2D eigenvalue weighted by molar-refractivity contribution is 7.99. The van der Waals surface area contributed by atoms with Gasteiger partial charge >= 0.3 is 0 Å². The number of nitrogens with zero attached hydrogens (tertiary/aromatic N) is 3. The Morgan fingerprint density at radius 2 is 1.69 bits per heavy atom. The summed E-state index contributed by atoms with van der Waals surface area (Å²) in [6.07, 6.45) is 4.96. The summed E-state index contributed by atoms with van der Waals surface area (Å²) in [6, 6.07) is 14.1. The summed E-state index contributed by atoms with van der Waals surface area (Å²) in [5.74, 6) is 0. The summed E-state index contributed by atoms with van der Waals surface area (Å²) < 4.78 is 26.9. The van der Waals surface area contributed by atoms with Crippen LogP contribution in [0.1, 0.15) is 25.7 Å². The minimum Gasteiger partial charge on any atom is -0.338 e. The molecular weight excluding hydrogens is 402 g/mol. The molecule has 0 atom stereocenters. The van der Waals surface area contributed by atoms with Crippen LogP contribution in [0.4, 0.5) is 11.4 Å². The predicted molar refractivity (Wildman–Crippen MR) is 118 cm³/mol. The van der Waals surface area contributed by atoms with Crippen LogP contribution in [0.5, 0.6) is 0 Å². The lowest BCUT2D eigenvalue weighted by atomic mass is 9.92. The third kappa shape index (κ3) is 3.10. The number of fused-ring (bicyclic) bond motifs is 3. The third-order valence-corrected chi connectivity index (χ3v) is 9.58. The largest absolute Gasteiger partial charge is 0.338 e. The monoisotopic (exact) mass is 429 g/mol. The van der Waals surface area contributed by atoms with E-state index in [1.54, 1.807) is 31.9 Å². The molecule has 0 aliphatic carbocycles. The van der Waals surface area contributed by atoms with E-state index >= 15 is 0 Å². The molecule has 2 aromatic carbocycles. The Morgan fingerprint density at radius 1 is 1.00 bits per heavy atom. The number of rotatable bonds is 4. The zero-order chi connectivity index (χ0) is 20.2. The third-order valence-electron chi connectivity index (χ3n) is 6.64. The minimum atomic E-state index is -3.47. The Kier molecular flexibility index (Phi) is 4.70. The predicted octanol–water partition coefficient (Wildman–Crippen LogP) is 4.17. The molecule has 0 amide bonds. The second-order valence-electron chi connectivity index (χ2n) is 8.49. The van der Waals surface area contributed by atoms with Crippen LogP contribution in [0.2, 0.25) is 0 Å². The Hall–Kier alpha value is -1.54. The maximum Gasteiger partial charge on any atom is 0.242 e. The fourth-order valence-corrected chi connectivity index (χ4v) is 7.13. The van der Waals surface area contributed by atoms with E-state index in [1.165, 1.54) is 53.7 Å². The zero-order valence-corrected chi connectivity index (χ0v) is 18.6. The number of hydrogen-bond donors (Lipinski definition) is 0. The molecule has 3 heterocycles. The minimum absolute atomic E-state index is 0.211. The van der Waals surface area contributed by atoms with Crippen molar-refractivity contribution in [3.63, 3.8) is 0 Å². The van der Waals surface area contributed by atoms with Crippen LogP contribution in [0.3, 0.4) is 0 Å². The number of benzene rings is 2. The van der Waals surface area contributed by atoms with Crippen LogP contribution in [-0.4, -0.2) is 56.9 Å². The molecule has 0 spiro atoms. The van der Waals surface area contributed by atoms with E-state index in [0.717, 1.165) is 17.1 Å². The summed E-state index contributed by atoms with van der Waals surface area (Å²) in [4.78, 5) is 7.78. The van der Waals surface area contributed by atoms with Crippen molar-refractivity contribution in [2.45, 2.75) is 45.9 Å². The van der Waals surface area contributed by atoms with E-state index in [0.29, 0.717) is 4.90 Å². The van der Waals surface area contributed by atoms with E-state index in [1.807, 2.05) is 12.1 Å². The lowest BCUT2D eigenvalue weighted by Crippen LogP contribution is -2.47. The van der Waals surface area contributed by atoms with Gasteiger partial charge in [0, 0.05) is 36.0 Å². The van der Waals surface area contributed by atoms with Gasteiger partial charge in [-0.3, -0.25) is 4.90 Å². The second-order valence-corrected chi connectivity index (χ2v) is 11.7. The Morgan fingerprint density at radius 3 is 2.41 bits per heavy atom. The lowest BCUT2D eigenvalue weighted by Gasteiger charge is -2.41. The molecule has 0 bridgehead atoms. The molecule has 2 aromatic rings. The molecule has 5 rings (SSSR count). The van der Waals surface area contributed by atoms with Crippen molar-refractivity contribution in [3.05, 3.63) is 42.5 Å². The van der Waals surface area contributed by atoms with Crippen molar-refractivity contribution in [3.8, 4) is 0 Å². The normalized spacial score (nSPS) is 20.6. The van der Waals surface area contributed by atoms with Gasteiger partial charge in [0.2, 0.25) is 10.0 Å². The fourth-order valence-electron chi connectivity index (χ4n) is 5.13. The van der Waals surface area contributed by atoms with Gasteiger partial charge in [-0.25, -0.2) is 12.7 Å². The first-order chi connectivity index (χ1) is 13.9. The van der Waals surface area contributed by atoms with E-state index in [-0.39, 0.29) is 5.54 Å². The highest BCUT2D eigenvalue weighted by atomic mass is 32.2. The van der Waals surface area contributed by atoms with E-state index in [2.05, 4.69) is 34.1 Å². The van der Waals surface area contributed by atoms with E-state index < -0.39 is 10.0 Å². The SMILES string of the molecule is CN(C)S(=O)(=O)c1ccc2c(c1)N(CC13CCCN1CCC3)c1ccccc1S2. The number of sulfonamides is 1. The van der Waals surface area contributed by atoms with Crippen LogP contribution in [-0.2, 0) is 10.0 Å². The topological polar surface area (TPSA) is 43.9 Å². The van der Waals surface area contributed by atoms with Crippen LogP contribution in [0.15, 0.2) is 57.2 Å². The number of hydrogen-bond acceptors (Lipinski definition) is 5. The van der Waals surface area contributed by atoms with E-state index in [9.17, 15) is 8.42 Å². The van der Waals surface area contributed by atoms with Crippen molar-refractivity contribution < 1.29 is 8.42 Å². The first-order valence-corrected chi connectivity index (χ1v) is 12.5. The van der Waals surface area contributed by atoms with Gasteiger partial charge < -0.3 is 4.90 Å². The molecule has 0 radical (unpaired) electrons. The standard InChI is InChI=1S/C22H27N3O2S2/c1-23(2)29(26,27)17-9-10-21-19(15-17)25(18-7-3-4-8-20(18)28-21)16-22-11-5-13-24(22)14-6-12-22/h3-4,7-10,15H,5-6,11-14,16H2,1-2H3. The second kappa shape index (κ2) is 7.01. The number of anilines is 2. The van der Waals surface area contributed by atoms with Gasteiger partial charge in [-0.15, -0.1) is 0 Å².